The van der Waals surface area contributed by atoms with Crippen LogP contribution in [0, 0.1) is 5.82 Å². The molecule has 1 amide bonds. The first kappa shape index (κ1) is 12.9. The van der Waals surface area contributed by atoms with Crippen LogP contribution in [-0.4, -0.2) is 16.6 Å². The standard InChI is InChI=1S/C14H12FN3O/c1-10(11-6-8-16-9-7-11)17-18-14(19)12-4-2-3-5-13(12)15/h2-9H,1H3,(H,18,19)/b17-10+. The summed E-state index contributed by atoms with van der Waals surface area (Å²) in [4.78, 5) is 15.6. The van der Waals surface area contributed by atoms with Gasteiger partial charge in [0.25, 0.3) is 5.91 Å². The molecule has 0 atom stereocenters. The van der Waals surface area contributed by atoms with Gasteiger partial charge in [0.1, 0.15) is 5.82 Å². The molecule has 0 saturated heterocycles. The van der Waals surface area contributed by atoms with Crippen molar-refractivity contribution in [3.05, 3.63) is 65.7 Å². The maximum Gasteiger partial charge on any atom is 0.274 e. The number of nitrogens with one attached hydrogen (secondary N) is 1. The van der Waals surface area contributed by atoms with Gasteiger partial charge in [-0.05, 0) is 31.2 Å². The van der Waals surface area contributed by atoms with Gasteiger partial charge in [0.2, 0.25) is 0 Å². The molecule has 1 N–H and O–H groups in total. The number of carbonyl (C=O) groups excluding carboxylic acids is 1. The predicted molar refractivity (Wildman–Crippen MR) is 70.3 cm³/mol. The Labute approximate surface area is 110 Å². The summed E-state index contributed by atoms with van der Waals surface area (Å²) in [5, 5.41) is 3.93. The molecule has 1 aromatic heterocycles. The predicted octanol–water partition coefficient (Wildman–Crippen LogP) is 2.37. The van der Waals surface area contributed by atoms with Crippen LogP contribution in [0.1, 0.15) is 22.8 Å². The van der Waals surface area contributed by atoms with E-state index < -0.39 is 11.7 Å². The summed E-state index contributed by atoms with van der Waals surface area (Å²) in [6, 6.07) is 9.30. The molecule has 0 aliphatic rings. The number of aromatic nitrogens is 1. The van der Waals surface area contributed by atoms with Crippen LogP contribution in [0.3, 0.4) is 0 Å². The van der Waals surface area contributed by atoms with Crippen molar-refractivity contribution in [1.82, 2.24) is 10.4 Å². The van der Waals surface area contributed by atoms with Gasteiger partial charge < -0.3 is 0 Å². The maximum absolute atomic E-state index is 13.4. The van der Waals surface area contributed by atoms with Gasteiger partial charge >= 0.3 is 0 Å². The number of hydrogen-bond acceptors (Lipinski definition) is 3. The lowest BCUT2D eigenvalue weighted by Crippen LogP contribution is -2.20. The second-order valence-corrected chi connectivity index (χ2v) is 3.85. The van der Waals surface area contributed by atoms with Gasteiger partial charge in [-0.3, -0.25) is 9.78 Å². The zero-order chi connectivity index (χ0) is 13.7. The largest absolute Gasteiger partial charge is 0.274 e. The molecule has 0 saturated carbocycles. The Bertz CT molecular complexity index is 611. The summed E-state index contributed by atoms with van der Waals surface area (Å²) in [5.74, 6) is -1.15. The summed E-state index contributed by atoms with van der Waals surface area (Å²) in [7, 11) is 0. The molecule has 0 bridgehead atoms. The molecule has 0 unspecified atom stereocenters. The molecular formula is C14H12FN3O. The van der Waals surface area contributed by atoms with E-state index >= 15 is 0 Å². The van der Waals surface area contributed by atoms with Crippen molar-refractivity contribution in [2.24, 2.45) is 5.10 Å². The molecule has 0 aliphatic carbocycles. The third kappa shape index (κ3) is 3.22. The number of amides is 1. The van der Waals surface area contributed by atoms with Gasteiger partial charge in [-0.2, -0.15) is 5.10 Å². The number of nitrogens with zero attached hydrogens (tertiary/aromatic N) is 2. The van der Waals surface area contributed by atoms with Crippen molar-refractivity contribution < 1.29 is 9.18 Å². The lowest BCUT2D eigenvalue weighted by molar-refractivity contribution is 0.0951. The molecule has 0 aliphatic heterocycles. The molecule has 0 fully saturated rings. The molecule has 0 radical (unpaired) electrons. The minimum absolute atomic E-state index is 0.0335. The van der Waals surface area contributed by atoms with Crippen molar-refractivity contribution >= 4 is 11.6 Å². The minimum atomic E-state index is -0.577. The smallest absolute Gasteiger partial charge is 0.267 e. The number of benzene rings is 1. The molecule has 96 valence electrons. The molecule has 4 nitrogen and oxygen atoms in total. The number of hydrazone groups is 1. The van der Waals surface area contributed by atoms with Gasteiger partial charge in [-0.25, -0.2) is 9.82 Å². The number of rotatable bonds is 3. The van der Waals surface area contributed by atoms with E-state index in [0.717, 1.165) is 5.56 Å². The SMILES string of the molecule is C/C(=N\NC(=O)c1ccccc1F)c1ccncc1. The zero-order valence-corrected chi connectivity index (χ0v) is 10.3. The topological polar surface area (TPSA) is 54.4 Å². The van der Waals surface area contributed by atoms with Crippen molar-refractivity contribution in [3.8, 4) is 0 Å². The summed E-state index contributed by atoms with van der Waals surface area (Å²) >= 11 is 0. The molecular weight excluding hydrogens is 245 g/mol. The number of hydrogen-bond donors (Lipinski definition) is 1. The first-order valence-electron chi connectivity index (χ1n) is 5.68. The van der Waals surface area contributed by atoms with Crippen LogP contribution in [0.15, 0.2) is 53.9 Å². The maximum atomic E-state index is 13.4. The first-order chi connectivity index (χ1) is 9.18. The van der Waals surface area contributed by atoms with E-state index in [1.54, 1.807) is 37.5 Å². The van der Waals surface area contributed by atoms with Gasteiger partial charge in [0.05, 0.1) is 11.3 Å². The van der Waals surface area contributed by atoms with E-state index in [2.05, 4.69) is 15.5 Å². The van der Waals surface area contributed by atoms with Crippen LogP contribution in [-0.2, 0) is 0 Å². The average molecular weight is 257 g/mol. The molecule has 2 aromatic rings. The van der Waals surface area contributed by atoms with E-state index in [4.69, 9.17) is 0 Å². The highest BCUT2D eigenvalue weighted by Gasteiger charge is 2.09. The quantitative estimate of drug-likeness (QED) is 0.678. The van der Waals surface area contributed by atoms with E-state index in [1.807, 2.05) is 0 Å². The Balaban J connectivity index is 2.11. The highest BCUT2D eigenvalue weighted by Crippen LogP contribution is 2.06. The van der Waals surface area contributed by atoms with E-state index in [1.165, 1.54) is 18.2 Å². The third-order valence-electron chi connectivity index (χ3n) is 2.54. The molecule has 5 heteroatoms. The van der Waals surface area contributed by atoms with Crippen LogP contribution in [0.5, 0.6) is 0 Å². The highest BCUT2D eigenvalue weighted by molar-refractivity contribution is 6.00. The first-order valence-corrected chi connectivity index (χ1v) is 5.68. The van der Waals surface area contributed by atoms with Gasteiger partial charge in [-0.15, -0.1) is 0 Å². The molecule has 0 spiro atoms. The zero-order valence-electron chi connectivity index (χ0n) is 10.3. The van der Waals surface area contributed by atoms with E-state index in [9.17, 15) is 9.18 Å². The van der Waals surface area contributed by atoms with Crippen LogP contribution < -0.4 is 5.43 Å². The summed E-state index contributed by atoms with van der Waals surface area (Å²) < 4.78 is 13.4. The molecule has 19 heavy (non-hydrogen) atoms. The van der Waals surface area contributed by atoms with Gasteiger partial charge in [0, 0.05) is 18.0 Å². The van der Waals surface area contributed by atoms with Gasteiger partial charge in [0.15, 0.2) is 0 Å². The van der Waals surface area contributed by atoms with E-state index in [0.29, 0.717) is 5.71 Å². The van der Waals surface area contributed by atoms with Crippen molar-refractivity contribution in [2.75, 3.05) is 0 Å². The fourth-order valence-corrected chi connectivity index (χ4v) is 1.50. The average Bonchev–Trinajstić information content (AvgIpc) is 2.46. The summed E-state index contributed by atoms with van der Waals surface area (Å²) in [5.41, 5.74) is 3.75. The summed E-state index contributed by atoms with van der Waals surface area (Å²) in [6.45, 7) is 1.75. The third-order valence-corrected chi connectivity index (χ3v) is 2.54. The Morgan fingerprint density at radius 3 is 2.58 bits per heavy atom. The van der Waals surface area contributed by atoms with Crippen LogP contribution in [0.4, 0.5) is 4.39 Å². The number of pyridine rings is 1. The monoisotopic (exact) mass is 257 g/mol. The highest BCUT2D eigenvalue weighted by atomic mass is 19.1. The van der Waals surface area contributed by atoms with Crippen molar-refractivity contribution in [1.29, 1.82) is 0 Å². The lowest BCUT2D eigenvalue weighted by Gasteiger charge is -2.03. The van der Waals surface area contributed by atoms with Crippen LogP contribution in [0.25, 0.3) is 0 Å². The van der Waals surface area contributed by atoms with E-state index in [-0.39, 0.29) is 5.56 Å². The van der Waals surface area contributed by atoms with Crippen LogP contribution >= 0.6 is 0 Å². The number of halogens is 1. The fourth-order valence-electron chi connectivity index (χ4n) is 1.50. The molecule has 1 heterocycles. The minimum Gasteiger partial charge on any atom is -0.267 e. The van der Waals surface area contributed by atoms with Gasteiger partial charge in [-0.1, -0.05) is 12.1 Å². The van der Waals surface area contributed by atoms with Crippen LogP contribution in [0.2, 0.25) is 0 Å². The normalized spacial score (nSPS) is 11.2. The Morgan fingerprint density at radius 2 is 1.89 bits per heavy atom. The lowest BCUT2D eigenvalue weighted by atomic mass is 10.2. The Hall–Kier alpha value is -2.56. The molecule has 1 aromatic carbocycles. The fraction of sp³-hybridized carbons (Fsp3) is 0.0714. The second kappa shape index (κ2) is 5.86. The number of carbonyl (C=O) groups is 1. The van der Waals surface area contributed by atoms with Crippen molar-refractivity contribution in [2.45, 2.75) is 6.92 Å². The second-order valence-electron chi connectivity index (χ2n) is 3.85. The summed E-state index contributed by atoms with van der Waals surface area (Å²) in [6.07, 6.45) is 3.26. The Kier molecular flexibility index (Phi) is 3.97. The van der Waals surface area contributed by atoms with Crippen molar-refractivity contribution in [3.63, 3.8) is 0 Å². The Morgan fingerprint density at radius 1 is 1.21 bits per heavy atom. The molecule has 2 rings (SSSR count).